The van der Waals surface area contributed by atoms with Gasteiger partial charge in [-0.1, -0.05) is 29.8 Å². The molecule has 1 unspecified atom stereocenters. The molecule has 0 aromatic heterocycles. The Hall–Kier alpha value is -1.71. The summed E-state index contributed by atoms with van der Waals surface area (Å²) in [6.45, 7) is 2.36. The first-order valence-electron chi connectivity index (χ1n) is 6.10. The standard InChI is InChI=1S/C15H17ClN2O/c1-10-5-6-13(8-14(10)16)18-9-15(19)11-3-2-4-12(17)7-11/h2-8,15,18-19H,9,17H2,1H3. The summed E-state index contributed by atoms with van der Waals surface area (Å²) in [5, 5.41) is 13.9. The summed E-state index contributed by atoms with van der Waals surface area (Å²) in [6, 6.07) is 13.0. The first-order chi connectivity index (χ1) is 9.06. The number of nitrogen functional groups attached to an aromatic ring is 1. The number of hydrogen-bond donors (Lipinski definition) is 3. The molecule has 0 amide bonds. The van der Waals surface area contributed by atoms with Gasteiger partial charge in [-0.3, -0.25) is 0 Å². The van der Waals surface area contributed by atoms with Gasteiger partial charge in [0.2, 0.25) is 0 Å². The van der Waals surface area contributed by atoms with Crippen molar-refractivity contribution in [3.63, 3.8) is 0 Å². The molecular formula is C15H17ClN2O. The van der Waals surface area contributed by atoms with Crippen LogP contribution in [0.1, 0.15) is 17.2 Å². The molecule has 0 heterocycles. The first kappa shape index (κ1) is 13.7. The maximum absolute atomic E-state index is 10.1. The van der Waals surface area contributed by atoms with Crippen LogP contribution in [0.4, 0.5) is 11.4 Å². The number of anilines is 2. The number of aliphatic hydroxyl groups excluding tert-OH is 1. The van der Waals surface area contributed by atoms with Crippen LogP contribution in [0.5, 0.6) is 0 Å². The highest BCUT2D eigenvalue weighted by atomic mass is 35.5. The monoisotopic (exact) mass is 276 g/mol. The minimum Gasteiger partial charge on any atom is -0.399 e. The molecule has 2 aromatic rings. The third-order valence-electron chi connectivity index (χ3n) is 2.97. The summed E-state index contributed by atoms with van der Waals surface area (Å²) in [7, 11) is 0. The molecule has 3 nitrogen and oxygen atoms in total. The molecule has 0 fully saturated rings. The van der Waals surface area contributed by atoms with Crippen LogP contribution < -0.4 is 11.1 Å². The lowest BCUT2D eigenvalue weighted by atomic mass is 10.1. The number of nitrogens with one attached hydrogen (secondary N) is 1. The van der Waals surface area contributed by atoms with Crippen molar-refractivity contribution in [3.05, 3.63) is 58.6 Å². The van der Waals surface area contributed by atoms with Gasteiger partial charge in [0, 0.05) is 22.9 Å². The number of halogens is 1. The normalized spacial score (nSPS) is 12.2. The molecule has 2 aromatic carbocycles. The van der Waals surface area contributed by atoms with E-state index in [9.17, 15) is 5.11 Å². The van der Waals surface area contributed by atoms with Crippen molar-refractivity contribution in [2.75, 3.05) is 17.6 Å². The Kier molecular flexibility index (Phi) is 4.30. The zero-order chi connectivity index (χ0) is 13.8. The van der Waals surface area contributed by atoms with Gasteiger partial charge in [0.25, 0.3) is 0 Å². The van der Waals surface area contributed by atoms with Crippen molar-refractivity contribution in [1.82, 2.24) is 0 Å². The summed E-state index contributed by atoms with van der Waals surface area (Å²) < 4.78 is 0. The molecular weight excluding hydrogens is 260 g/mol. The van der Waals surface area contributed by atoms with Gasteiger partial charge in [0.05, 0.1) is 6.10 Å². The lowest BCUT2D eigenvalue weighted by Crippen LogP contribution is -2.12. The predicted molar refractivity (Wildman–Crippen MR) is 80.5 cm³/mol. The van der Waals surface area contributed by atoms with E-state index >= 15 is 0 Å². The molecule has 100 valence electrons. The Bertz CT molecular complexity index is 572. The fourth-order valence-corrected chi connectivity index (χ4v) is 1.98. The third kappa shape index (κ3) is 3.63. The smallest absolute Gasteiger partial charge is 0.0963 e. The van der Waals surface area contributed by atoms with Gasteiger partial charge in [-0.2, -0.15) is 0 Å². The molecule has 4 N–H and O–H groups in total. The molecule has 0 saturated carbocycles. The number of aryl methyl sites for hydroxylation is 1. The van der Waals surface area contributed by atoms with Crippen LogP contribution in [0.3, 0.4) is 0 Å². The number of hydrogen-bond acceptors (Lipinski definition) is 3. The molecule has 4 heteroatoms. The Morgan fingerprint density at radius 1 is 1.26 bits per heavy atom. The van der Waals surface area contributed by atoms with Crippen LogP contribution in [-0.4, -0.2) is 11.7 Å². The van der Waals surface area contributed by atoms with Crippen LogP contribution in [0.15, 0.2) is 42.5 Å². The molecule has 0 saturated heterocycles. The molecule has 0 aliphatic rings. The maximum Gasteiger partial charge on any atom is 0.0963 e. The molecule has 0 aliphatic heterocycles. The fourth-order valence-electron chi connectivity index (χ4n) is 1.80. The molecule has 1 atom stereocenters. The second-order valence-corrected chi connectivity index (χ2v) is 4.94. The molecule has 0 bridgehead atoms. The average molecular weight is 277 g/mol. The highest BCUT2D eigenvalue weighted by Gasteiger charge is 2.07. The highest BCUT2D eigenvalue weighted by Crippen LogP contribution is 2.21. The van der Waals surface area contributed by atoms with Crippen LogP contribution >= 0.6 is 11.6 Å². The van der Waals surface area contributed by atoms with Crippen molar-refractivity contribution >= 4 is 23.0 Å². The van der Waals surface area contributed by atoms with E-state index in [1.807, 2.05) is 37.3 Å². The second kappa shape index (κ2) is 5.95. The minimum atomic E-state index is -0.608. The first-order valence-corrected chi connectivity index (χ1v) is 6.47. The van der Waals surface area contributed by atoms with Crippen molar-refractivity contribution in [3.8, 4) is 0 Å². The van der Waals surface area contributed by atoms with Gasteiger partial charge in [-0.25, -0.2) is 0 Å². The van der Waals surface area contributed by atoms with Crippen molar-refractivity contribution < 1.29 is 5.11 Å². The van der Waals surface area contributed by atoms with Gasteiger partial charge in [0.15, 0.2) is 0 Å². The number of nitrogens with two attached hydrogens (primary N) is 1. The van der Waals surface area contributed by atoms with Crippen LogP contribution in [0.25, 0.3) is 0 Å². The van der Waals surface area contributed by atoms with Crippen molar-refractivity contribution in [2.24, 2.45) is 0 Å². The lowest BCUT2D eigenvalue weighted by molar-refractivity contribution is 0.191. The Morgan fingerprint density at radius 2 is 2.05 bits per heavy atom. The summed E-state index contributed by atoms with van der Waals surface area (Å²) in [5.41, 5.74) is 9.05. The van der Waals surface area contributed by atoms with Crippen LogP contribution in [-0.2, 0) is 0 Å². The van der Waals surface area contributed by atoms with E-state index in [4.69, 9.17) is 17.3 Å². The van der Waals surface area contributed by atoms with E-state index in [0.29, 0.717) is 17.3 Å². The van der Waals surface area contributed by atoms with E-state index in [1.165, 1.54) is 0 Å². The highest BCUT2D eigenvalue weighted by molar-refractivity contribution is 6.31. The molecule has 0 radical (unpaired) electrons. The minimum absolute atomic E-state index is 0.406. The molecule has 0 aliphatic carbocycles. The number of rotatable bonds is 4. The zero-order valence-corrected chi connectivity index (χ0v) is 11.5. The Labute approximate surface area is 118 Å². The predicted octanol–water partition coefficient (Wildman–Crippen LogP) is 3.38. The summed E-state index contributed by atoms with van der Waals surface area (Å²) in [5.74, 6) is 0. The van der Waals surface area contributed by atoms with Crippen LogP contribution in [0, 0.1) is 6.92 Å². The molecule has 2 rings (SSSR count). The molecule has 0 spiro atoms. The Morgan fingerprint density at radius 3 is 2.74 bits per heavy atom. The fraction of sp³-hybridized carbons (Fsp3) is 0.200. The van der Waals surface area contributed by atoms with Crippen molar-refractivity contribution in [1.29, 1.82) is 0 Å². The quantitative estimate of drug-likeness (QED) is 0.751. The van der Waals surface area contributed by atoms with E-state index < -0.39 is 6.10 Å². The summed E-state index contributed by atoms with van der Waals surface area (Å²) in [6.07, 6.45) is -0.608. The third-order valence-corrected chi connectivity index (χ3v) is 3.37. The van der Waals surface area contributed by atoms with Crippen LogP contribution in [0.2, 0.25) is 5.02 Å². The number of aliphatic hydroxyl groups is 1. The van der Waals surface area contributed by atoms with Crippen molar-refractivity contribution in [2.45, 2.75) is 13.0 Å². The zero-order valence-electron chi connectivity index (χ0n) is 10.7. The van der Waals surface area contributed by atoms with E-state index in [-0.39, 0.29) is 0 Å². The second-order valence-electron chi connectivity index (χ2n) is 4.53. The van der Waals surface area contributed by atoms with Gasteiger partial charge in [0.1, 0.15) is 0 Å². The van der Waals surface area contributed by atoms with Gasteiger partial charge in [-0.15, -0.1) is 0 Å². The molecule has 19 heavy (non-hydrogen) atoms. The topological polar surface area (TPSA) is 58.3 Å². The van der Waals surface area contributed by atoms with E-state index in [1.54, 1.807) is 12.1 Å². The van der Waals surface area contributed by atoms with Gasteiger partial charge in [-0.05, 0) is 42.3 Å². The van der Waals surface area contributed by atoms with E-state index in [2.05, 4.69) is 5.32 Å². The van der Waals surface area contributed by atoms with E-state index in [0.717, 1.165) is 16.8 Å². The largest absolute Gasteiger partial charge is 0.399 e. The summed E-state index contributed by atoms with van der Waals surface area (Å²) >= 11 is 6.05. The van der Waals surface area contributed by atoms with Gasteiger partial charge >= 0.3 is 0 Å². The summed E-state index contributed by atoms with van der Waals surface area (Å²) in [4.78, 5) is 0. The average Bonchev–Trinajstić information content (AvgIpc) is 2.40. The Balaban J connectivity index is 2.00. The van der Waals surface area contributed by atoms with Gasteiger partial charge < -0.3 is 16.2 Å². The lowest BCUT2D eigenvalue weighted by Gasteiger charge is -2.14. The number of benzene rings is 2. The SMILES string of the molecule is Cc1ccc(NCC(O)c2cccc(N)c2)cc1Cl. The maximum atomic E-state index is 10.1.